The zero-order valence-corrected chi connectivity index (χ0v) is 11.3. The summed E-state index contributed by atoms with van der Waals surface area (Å²) < 4.78 is 10.4. The molecule has 0 atom stereocenters. The van der Waals surface area contributed by atoms with Crippen molar-refractivity contribution >= 4 is 11.9 Å². The molecule has 20 heavy (non-hydrogen) atoms. The number of aliphatic carboxylic acids is 1. The van der Waals surface area contributed by atoms with Crippen molar-refractivity contribution in [1.29, 1.82) is 0 Å². The lowest BCUT2D eigenvalue weighted by molar-refractivity contribution is -0.147. The summed E-state index contributed by atoms with van der Waals surface area (Å²) in [5, 5.41) is 18.7. The third kappa shape index (κ3) is 1.97. The van der Waals surface area contributed by atoms with E-state index in [1.54, 1.807) is 0 Å². The van der Waals surface area contributed by atoms with Gasteiger partial charge < -0.3 is 19.7 Å². The minimum atomic E-state index is -1.13. The maximum absolute atomic E-state index is 11.6. The van der Waals surface area contributed by atoms with Crippen molar-refractivity contribution < 1.29 is 29.3 Å². The minimum Gasteiger partial charge on any atom is -0.493 e. The first-order valence-electron chi connectivity index (χ1n) is 6.19. The quantitative estimate of drug-likeness (QED) is 0.855. The summed E-state index contributed by atoms with van der Waals surface area (Å²) in [5.41, 5.74) is -0.718. The Morgan fingerprint density at radius 3 is 2.15 bits per heavy atom. The number of carbonyl (C=O) groups is 2. The zero-order valence-electron chi connectivity index (χ0n) is 11.3. The molecule has 0 aromatic heterocycles. The molecule has 1 aromatic carbocycles. The maximum Gasteiger partial charge on any atom is 0.335 e. The average Bonchev–Trinajstić information content (AvgIpc) is 2.35. The van der Waals surface area contributed by atoms with Crippen LogP contribution in [0.3, 0.4) is 0 Å². The zero-order chi connectivity index (χ0) is 14.9. The number of hydrogen-bond donors (Lipinski definition) is 2. The second kappa shape index (κ2) is 5.03. The van der Waals surface area contributed by atoms with Crippen molar-refractivity contribution in [3.8, 4) is 11.5 Å². The first-order chi connectivity index (χ1) is 9.46. The molecule has 0 radical (unpaired) electrons. The van der Waals surface area contributed by atoms with Gasteiger partial charge in [-0.1, -0.05) is 6.42 Å². The van der Waals surface area contributed by atoms with E-state index < -0.39 is 17.4 Å². The predicted molar refractivity (Wildman–Crippen MR) is 69.7 cm³/mol. The first kappa shape index (κ1) is 14.2. The van der Waals surface area contributed by atoms with Gasteiger partial charge in [-0.15, -0.1) is 0 Å². The van der Waals surface area contributed by atoms with Gasteiger partial charge in [-0.25, -0.2) is 4.79 Å². The van der Waals surface area contributed by atoms with Crippen LogP contribution in [0.1, 0.15) is 35.2 Å². The van der Waals surface area contributed by atoms with Gasteiger partial charge in [0.05, 0.1) is 25.2 Å². The van der Waals surface area contributed by atoms with Gasteiger partial charge in [0.1, 0.15) is 0 Å². The number of rotatable bonds is 5. The fourth-order valence-electron chi connectivity index (χ4n) is 2.57. The van der Waals surface area contributed by atoms with Crippen LogP contribution in [-0.2, 0) is 10.2 Å². The highest BCUT2D eigenvalue weighted by Crippen LogP contribution is 2.50. The topological polar surface area (TPSA) is 93.1 Å². The molecule has 0 bridgehead atoms. The second-order valence-electron chi connectivity index (χ2n) is 4.81. The second-order valence-corrected chi connectivity index (χ2v) is 4.81. The molecule has 0 heterocycles. The van der Waals surface area contributed by atoms with Gasteiger partial charge in [-0.05, 0) is 25.0 Å². The molecule has 0 spiro atoms. The number of benzene rings is 1. The Labute approximate surface area is 115 Å². The lowest BCUT2D eigenvalue weighted by atomic mass is 9.64. The van der Waals surface area contributed by atoms with E-state index in [4.69, 9.17) is 14.6 Å². The fourth-order valence-corrected chi connectivity index (χ4v) is 2.57. The Bertz CT molecular complexity index is 559. The summed E-state index contributed by atoms with van der Waals surface area (Å²) >= 11 is 0. The van der Waals surface area contributed by atoms with Crippen molar-refractivity contribution in [2.75, 3.05) is 14.2 Å². The molecule has 1 aromatic rings. The van der Waals surface area contributed by atoms with Crippen LogP contribution < -0.4 is 9.47 Å². The molecule has 2 rings (SSSR count). The molecule has 1 aliphatic rings. The van der Waals surface area contributed by atoms with Gasteiger partial charge in [0.2, 0.25) is 0 Å². The number of methoxy groups -OCH3 is 2. The van der Waals surface area contributed by atoms with E-state index in [-0.39, 0.29) is 11.3 Å². The maximum atomic E-state index is 11.6. The normalized spacial score (nSPS) is 16.1. The third-order valence-electron chi connectivity index (χ3n) is 3.86. The number of carboxylic acids is 2. The van der Waals surface area contributed by atoms with E-state index in [1.165, 1.54) is 26.4 Å². The van der Waals surface area contributed by atoms with Crippen LogP contribution in [0.5, 0.6) is 11.5 Å². The molecule has 108 valence electrons. The summed E-state index contributed by atoms with van der Waals surface area (Å²) in [6, 6.07) is 2.70. The van der Waals surface area contributed by atoms with Gasteiger partial charge in [0.25, 0.3) is 0 Å². The SMILES string of the molecule is COc1cc(C(=O)O)cc(C2(C(=O)O)CCC2)c1OC. The Hall–Kier alpha value is -2.24. The standard InChI is InChI=1S/C14H16O6/c1-19-10-7-8(12(15)16)6-9(11(10)20-2)14(13(17)18)4-3-5-14/h6-7H,3-5H2,1-2H3,(H,15,16)(H,17,18). The summed E-state index contributed by atoms with van der Waals surface area (Å²) in [7, 11) is 2.80. The van der Waals surface area contributed by atoms with Crippen molar-refractivity contribution in [1.82, 2.24) is 0 Å². The molecule has 1 aliphatic carbocycles. The largest absolute Gasteiger partial charge is 0.493 e. The number of ether oxygens (including phenoxy) is 2. The Morgan fingerprint density at radius 2 is 1.80 bits per heavy atom. The Balaban J connectivity index is 2.69. The molecule has 0 amide bonds. The molecular weight excluding hydrogens is 264 g/mol. The number of carboxylic acid groups (broad SMARTS) is 2. The number of aromatic carboxylic acids is 1. The van der Waals surface area contributed by atoms with Gasteiger partial charge in [0, 0.05) is 5.56 Å². The van der Waals surface area contributed by atoms with E-state index in [2.05, 4.69) is 0 Å². The van der Waals surface area contributed by atoms with Crippen LogP contribution >= 0.6 is 0 Å². The lowest BCUT2D eigenvalue weighted by Crippen LogP contribution is -2.42. The molecule has 6 heteroatoms. The molecular formula is C14H16O6. The van der Waals surface area contributed by atoms with E-state index in [1.807, 2.05) is 0 Å². The molecule has 1 saturated carbocycles. The molecule has 6 nitrogen and oxygen atoms in total. The molecule has 2 N–H and O–H groups in total. The van der Waals surface area contributed by atoms with Gasteiger partial charge in [0.15, 0.2) is 11.5 Å². The van der Waals surface area contributed by atoms with E-state index >= 15 is 0 Å². The van der Waals surface area contributed by atoms with Crippen LogP contribution in [0.4, 0.5) is 0 Å². The van der Waals surface area contributed by atoms with Crippen molar-refractivity contribution in [3.63, 3.8) is 0 Å². The van der Waals surface area contributed by atoms with Crippen LogP contribution in [-0.4, -0.2) is 36.4 Å². The summed E-state index contributed by atoms with van der Waals surface area (Å²) in [4.78, 5) is 22.8. The summed E-state index contributed by atoms with van der Waals surface area (Å²) in [6.07, 6.45) is 1.71. The summed E-state index contributed by atoms with van der Waals surface area (Å²) in [5.74, 6) is -1.58. The van der Waals surface area contributed by atoms with Crippen LogP contribution in [0.15, 0.2) is 12.1 Å². The van der Waals surface area contributed by atoms with Crippen molar-refractivity contribution in [2.45, 2.75) is 24.7 Å². The van der Waals surface area contributed by atoms with Gasteiger partial charge in [-0.3, -0.25) is 4.79 Å². The van der Waals surface area contributed by atoms with E-state index in [0.29, 0.717) is 24.2 Å². The van der Waals surface area contributed by atoms with Gasteiger partial charge in [-0.2, -0.15) is 0 Å². The van der Waals surface area contributed by atoms with E-state index in [9.17, 15) is 14.7 Å². The Morgan fingerprint density at radius 1 is 1.15 bits per heavy atom. The Kier molecular flexibility index (Phi) is 3.57. The smallest absolute Gasteiger partial charge is 0.335 e. The highest BCUT2D eigenvalue weighted by Gasteiger charge is 2.48. The van der Waals surface area contributed by atoms with Crippen molar-refractivity contribution in [3.05, 3.63) is 23.3 Å². The van der Waals surface area contributed by atoms with E-state index in [0.717, 1.165) is 6.42 Å². The fraction of sp³-hybridized carbons (Fsp3) is 0.429. The molecule has 1 fully saturated rings. The third-order valence-corrected chi connectivity index (χ3v) is 3.86. The number of hydrogen-bond acceptors (Lipinski definition) is 4. The highest BCUT2D eigenvalue weighted by molar-refractivity contribution is 5.91. The molecule has 0 saturated heterocycles. The highest BCUT2D eigenvalue weighted by atomic mass is 16.5. The molecule has 0 aliphatic heterocycles. The van der Waals surface area contributed by atoms with Gasteiger partial charge >= 0.3 is 11.9 Å². The summed E-state index contributed by atoms with van der Waals surface area (Å²) in [6.45, 7) is 0. The minimum absolute atomic E-state index is 0.00910. The van der Waals surface area contributed by atoms with Crippen LogP contribution in [0.2, 0.25) is 0 Å². The van der Waals surface area contributed by atoms with Crippen LogP contribution in [0, 0.1) is 0 Å². The predicted octanol–water partition coefficient (Wildman–Crippen LogP) is 1.91. The lowest BCUT2D eigenvalue weighted by Gasteiger charge is -2.39. The molecule has 0 unspecified atom stereocenters. The first-order valence-corrected chi connectivity index (χ1v) is 6.19. The average molecular weight is 280 g/mol. The monoisotopic (exact) mass is 280 g/mol. The van der Waals surface area contributed by atoms with Crippen molar-refractivity contribution in [2.24, 2.45) is 0 Å². The van der Waals surface area contributed by atoms with Crippen LogP contribution in [0.25, 0.3) is 0 Å².